The fourth-order valence-electron chi connectivity index (χ4n) is 4.59. The summed E-state index contributed by atoms with van der Waals surface area (Å²) in [5.74, 6) is -1.76. The molecule has 0 radical (unpaired) electrons. The molecule has 0 saturated carbocycles. The predicted octanol–water partition coefficient (Wildman–Crippen LogP) is 4.32. The smallest absolute Gasteiger partial charge is 0.407 e. The minimum Gasteiger partial charge on any atom is -0.444 e. The molecule has 1 aliphatic heterocycles. The highest BCUT2D eigenvalue weighted by Crippen LogP contribution is 2.32. The largest absolute Gasteiger partial charge is 0.444 e. The number of ketones is 1. The van der Waals surface area contributed by atoms with Crippen molar-refractivity contribution in [3.63, 3.8) is 0 Å². The van der Waals surface area contributed by atoms with Crippen LogP contribution in [-0.2, 0) is 20.9 Å². The Morgan fingerprint density at radius 2 is 1.64 bits per heavy atom. The number of carbonyl (C=O) groups is 4. The number of nitrogens with one attached hydrogen (secondary N) is 2. The van der Waals surface area contributed by atoms with Crippen LogP contribution in [-0.4, -0.2) is 58.0 Å². The number of amides is 3. The number of carbonyl (C=O) groups excluding carboxylic acids is 4. The molecule has 1 fully saturated rings. The van der Waals surface area contributed by atoms with Crippen LogP contribution in [0.3, 0.4) is 0 Å². The summed E-state index contributed by atoms with van der Waals surface area (Å²) in [5.41, 5.74) is 1.75. The van der Waals surface area contributed by atoms with E-state index in [2.05, 4.69) is 23.6 Å². The number of Topliss-reactive ketones (excluding diaryl/α,β-unsaturated/α-hetero) is 1. The Bertz CT molecular complexity index is 1230. The second-order valence-corrected chi connectivity index (χ2v) is 11.5. The number of alkyl carbamates (subject to hydrolysis) is 1. The normalized spacial score (nSPS) is 14.5. The lowest BCUT2D eigenvalue weighted by molar-refractivity contribution is -0.144. The molecule has 3 N–H and O–H groups in total. The molecule has 1 saturated heterocycles. The first-order chi connectivity index (χ1) is 18.2. The summed E-state index contributed by atoms with van der Waals surface area (Å²) in [5, 5.41) is 15.1. The van der Waals surface area contributed by atoms with Gasteiger partial charge in [-0.2, -0.15) is 0 Å². The number of rotatable bonds is 7. The minimum atomic E-state index is -1.78. The van der Waals surface area contributed by atoms with Crippen molar-refractivity contribution >= 4 is 29.4 Å². The number of benzene rings is 2. The van der Waals surface area contributed by atoms with Crippen LogP contribution in [0.15, 0.2) is 42.5 Å². The number of hydrogen-bond donors (Lipinski definition) is 3. The van der Waals surface area contributed by atoms with Gasteiger partial charge in [-0.05, 0) is 95.2 Å². The Labute approximate surface area is 229 Å². The van der Waals surface area contributed by atoms with Crippen LogP contribution >= 0.6 is 0 Å². The van der Waals surface area contributed by atoms with E-state index in [9.17, 15) is 24.3 Å². The van der Waals surface area contributed by atoms with Gasteiger partial charge in [0.2, 0.25) is 0 Å². The topological polar surface area (TPSA) is 125 Å². The Morgan fingerprint density at radius 1 is 1.00 bits per heavy atom. The van der Waals surface area contributed by atoms with Gasteiger partial charge in [0.05, 0.1) is 0 Å². The van der Waals surface area contributed by atoms with E-state index >= 15 is 0 Å². The fourth-order valence-corrected chi connectivity index (χ4v) is 4.59. The van der Waals surface area contributed by atoms with Gasteiger partial charge >= 0.3 is 6.09 Å². The van der Waals surface area contributed by atoms with Crippen molar-refractivity contribution in [3.05, 3.63) is 64.7 Å². The first kappa shape index (κ1) is 29.8. The quantitative estimate of drug-likeness (QED) is 0.452. The molecule has 0 aliphatic carbocycles. The second kappa shape index (κ2) is 12.0. The Hall–Kier alpha value is -3.72. The van der Waals surface area contributed by atoms with Crippen molar-refractivity contribution in [3.8, 4) is 0 Å². The molecular weight excluding hydrogens is 498 g/mol. The minimum absolute atomic E-state index is 0.148. The highest BCUT2D eigenvalue weighted by molar-refractivity contribution is 6.43. The zero-order valence-corrected chi connectivity index (χ0v) is 23.6. The first-order valence-corrected chi connectivity index (χ1v) is 13.2. The number of aliphatic hydroxyl groups is 1. The van der Waals surface area contributed by atoms with Gasteiger partial charge in [-0.25, -0.2) is 4.79 Å². The number of anilines is 1. The van der Waals surface area contributed by atoms with Crippen LogP contribution in [0, 0.1) is 6.92 Å². The number of ether oxygens (including phenoxy) is 1. The van der Waals surface area contributed by atoms with Crippen molar-refractivity contribution in [1.29, 1.82) is 0 Å². The predicted molar refractivity (Wildman–Crippen MR) is 149 cm³/mol. The van der Waals surface area contributed by atoms with E-state index in [1.807, 2.05) is 32.9 Å². The third-order valence-corrected chi connectivity index (χ3v) is 6.66. The fraction of sp³-hybridized carbons (Fsp3) is 0.467. The van der Waals surface area contributed by atoms with Gasteiger partial charge < -0.3 is 25.4 Å². The van der Waals surface area contributed by atoms with Gasteiger partial charge in [0.1, 0.15) is 11.2 Å². The molecule has 0 bridgehead atoms. The summed E-state index contributed by atoms with van der Waals surface area (Å²) >= 11 is 0. The van der Waals surface area contributed by atoms with Gasteiger partial charge in [-0.3, -0.25) is 14.4 Å². The van der Waals surface area contributed by atoms with Crippen molar-refractivity contribution in [2.45, 2.75) is 78.0 Å². The van der Waals surface area contributed by atoms with E-state index in [1.54, 1.807) is 23.1 Å². The second-order valence-electron chi connectivity index (χ2n) is 11.5. The van der Waals surface area contributed by atoms with Crippen LogP contribution in [0.4, 0.5) is 10.5 Å². The third-order valence-electron chi connectivity index (χ3n) is 6.66. The monoisotopic (exact) mass is 537 g/mol. The lowest BCUT2D eigenvalue weighted by Crippen LogP contribution is -2.40. The van der Waals surface area contributed by atoms with Gasteiger partial charge in [0.15, 0.2) is 0 Å². The lowest BCUT2D eigenvalue weighted by Gasteiger charge is -2.33. The van der Waals surface area contributed by atoms with Gasteiger partial charge in [-0.15, -0.1) is 0 Å². The number of hydrogen-bond acceptors (Lipinski definition) is 6. The summed E-state index contributed by atoms with van der Waals surface area (Å²) in [4.78, 5) is 51.2. The summed E-state index contributed by atoms with van der Waals surface area (Å²) < 4.78 is 5.33. The molecule has 9 nitrogen and oxygen atoms in total. The van der Waals surface area contributed by atoms with Crippen LogP contribution in [0.25, 0.3) is 0 Å². The van der Waals surface area contributed by atoms with E-state index in [1.165, 1.54) is 25.5 Å². The maximum atomic E-state index is 13.2. The average molecular weight is 538 g/mol. The SMILES string of the molecule is Cc1c(CNC(=O)OC(C)(C)C)cccc1C1CCN(C(=O)c2cccc(NC(=O)C(=O)C(C)(C)O)c2)CC1. The molecule has 3 rings (SSSR count). The molecule has 2 aromatic rings. The molecule has 0 spiro atoms. The molecule has 2 aromatic carbocycles. The Morgan fingerprint density at radius 3 is 2.26 bits per heavy atom. The van der Waals surface area contributed by atoms with E-state index < -0.39 is 29.0 Å². The Balaban J connectivity index is 1.60. The van der Waals surface area contributed by atoms with E-state index in [-0.39, 0.29) is 11.8 Å². The van der Waals surface area contributed by atoms with Crippen molar-refractivity contribution < 1.29 is 29.0 Å². The number of piperidine rings is 1. The highest BCUT2D eigenvalue weighted by atomic mass is 16.6. The molecule has 1 heterocycles. The highest BCUT2D eigenvalue weighted by Gasteiger charge is 2.31. The standard InChI is InChI=1S/C30H39N3O6/c1-19-22(18-31-28(37)39-29(2,3)4)10-8-12-24(19)20-13-15-33(16-14-20)27(36)21-9-7-11-23(17-21)32-26(35)25(34)30(5,6)38/h7-12,17,20,38H,13-16,18H2,1-6H3,(H,31,37)(H,32,35). The molecule has 210 valence electrons. The maximum absolute atomic E-state index is 13.2. The summed E-state index contributed by atoms with van der Waals surface area (Å²) in [6.45, 7) is 11.6. The molecule has 0 atom stereocenters. The lowest BCUT2D eigenvalue weighted by atomic mass is 9.85. The molecule has 1 aliphatic rings. The number of nitrogens with zero attached hydrogens (tertiary/aromatic N) is 1. The molecule has 3 amide bonds. The van der Waals surface area contributed by atoms with Crippen LogP contribution in [0.1, 0.15) is 80.4 Å². The van der Waals surface area contributed by atoms with Crippen LogP contribution < -0.4 is 10.6 Å². The molecule has 0 aromatic heterocycles. The Kier molecular flexibility index (Phi) is 9.17. The van der Waals surface area contributed by atoms with E-state index in [0.717, 1.165) is 24.0 Å². The van der Waals surface area contributed by atoms with E-state index in [4.69, 9.17) is 4.74 Å². The third kappa shape index (κ3) is 8.13. The zero-order chi connectivity index (χ0) is 29.0. The van der Waals surface area contributed by atoms with Crippen LogP contribution in [0.5, 0.6) is 0 Å². The molecular formula is C30H39N3O6. The van der Waals surface area contributed by atoms with Gasteiger partial charge in [-0.1, -0.05) is 24.3 Å². The molecule has 0 unspecified atom stereocenters. The van der Waals surface area contributed by atoms with Crippen molar-refractivity contribution in [2.75, 3.05) is 18.4 Å². The number of likely N-dealkylation sites (tertiary alicyclic amines) is 1. The summed E-state index contributed by atoms with van der Waals surface area (Å²) in [6.07, 6.45) is 1.14. The average Bonchev–Trinajstić information content (AvgIpc) is 2.86. The van der Waals surface area contributed by atoms with Crippen molar-refractivity contribution in [1.82, 2.24) is 10.2 Å². The van der Waals surface area contributed by atoms with Crippen LogP contribution in [0.2, 0.25) is 0 Å². The van der Waals surface area contributed by atoms with Crippen molar-refractivity contribution in [2.24, 2.45) is 0 Å². The summed E-state index contributed by atoms with van der Waals surface area (Å²) in [7, 11) is 0. The van der Waals surface area contributed by atoms with Gasteiger partial charge in [0.25, 0.3) is 17.6 Å². The molecule has 39 heavy (non-hydrogen) atoms. The maximum Gasteiger partial charge on any atom is 0.407 e. The summed E-state index contributed by atoms with van der Waals surface area (Å²) in [6, 6.07) is 12.5. The zero-order valence-electron chi connectivity index (χ0n) is 23.6. The molecule has 9 heteroatoms. The van der Waals surface area contributed by atoms with E-state index in [0.29, 0.717) is 30.9 Å². The van der Waals surface area contributed by atoms with Gasteiger partial charge in [0, 0.05) is 30.9 Å². The first-order valence-electron chi connectivity index (χ1n) is 13.2.